The minimum absolute atomic E-state index is 0.792. The molecule has 2 aromatic rings. The van der Waals surface area contributed by atoms with Crippen molar-refractivity contribution in [1.29, 1.82) is 0 Å². The van der Waals surface area contributed by atoms with E-state index < -0.39 is 0 Å². The minimum Gasteiger partial charge on any atom is -0.316 e. The first-order valence-electron chi connectivity index (χ1n) is 12.6. The van der Waals surface area contributed by atoms with E-state index in [0.717, 1.165) is 30.8 Å². The van der Waals surface area contributed by atoms with Crippen LogP contribution >= 0.6 is 0 Å². The first-order valence-corrected chi connectivity index (χ1v) is 12.6. The van der Waals surface area contributed by atoms with Crippen LogP contribution in [0, 0.1) is 11.8 Å². The summed E-state index contributed by atoms with van der Waals surface area (Å²) in [5.41, 5.74) is 4.50. The van der Waals surface area contributed by atoms with E-state index in [-0.39, 0.29) is 0 Å². The van der Waals surface area contributed by atoms with Crippen LogP contribution in [-0.4, -0.2) is 49.1 Å². The van der Waals surface area contributed by atoms with E-state index in [1.165, 1.54) is 82.5 Å². The number of likely N-dealkylation sites (tertiary alicyclic amines) is 2. The molecule has 0 radical (unpaired) electrons. The summed E-state index contributed by atoms with van der Waals surface area (Å²) < 4.78 is 0. The lowest BCUT2D eigenvalue weighted by Crippen LogP contribution is -2.35. The molecule has 3 aliphatic rings. The summed E-state index contributed by atoms with van der Waals surface area (Å²) in [5.74, 6) is 2.49. The van der Waals surface area contributed by atoms with E-state index in [9.17, 15) is 0 Å². The summed E-state index contributed by atoms with van der Waals surface area (Å²) in [6.45, 7) is 9.71. The van der Waals surface area contributed by atoms with Gasteiger partial charge in [0.25, 0.3) is 0 Å². The molecule has 3 fully saturated rings. The second kappa shape index (κ2) is 10.3. The Balaban J connectivity index is 0.969. The Morgan fingerprint density at radius 3 is 2.16 bits per heavy atom. The van der Waals surface area contributed by atoms with Gasteiger partial charge in [0, 0.05) is 19.6 Å². The van der Waals surface area contributed by atoms with Crippen LogP contribution in [0.5, 0.6) is 0 Å². The van der Waals surface area contributed by atoms with Gasteiger partial charge in [-0.25, -0.2) is 0 Å². The molecule has 0 bridgehead atoms. The van der Waals surface area contributed by atoms with Crippen LogP contribution in [0.4, 0.5) is 0 Å². The Kier molecular flexibility index (Phi) is 7.03. The average Bonchev–Trinajstić information content (AvgIpc) is 3.44. The van der Waals surface area contributed by atoms with E-state index in [1.54, 1.807) is 5.56 Å². The molecule has 5 rings (SSSR count). The van der Waals surface area contributed by atoms with E-state index in [2.05, 4.69) is 69.7 Å². The van der Waals surface area contributed by atoms with Crippen molar-refractivity contribution in [3.8, 4) is 0 Å². The number of hydrogen-bond donors (Lipinski definition) is 1. The topological polar surface area (TPSA) is 18.5 Å². The molecule has 3 heteroatoms. The first kappa shape index (κ1) is 21.2. The van der Waals surface area contributed by atoms with Gasteiger partial charge in [0.05, 0.1) is 0 Å². The van der Waals surface area contributed by atoms with Crippen molar-refractivity contribution in [3.63, 3.8) is 0 Å². The molecule has 1 aliphatic carbocycles. The van der Waals surface area contributed by atoms with Crippen LogP contribution < -0.4 is 5.32 Å². The Labute approximate surface area is 188 Å². The molecule has 1 saturated carbocycles. The zero-order chi connectivity index (χ0) is 20.9. The molecule has 1 atom stereocenters. The number of benzene rings is 2. The van der Waals surface area contributed by atoms with Crippen LogP contribution in [-0.2, 0) is 13.1 Å². The molecule has 166 valence electrons. The van der Waals surface area contributed by atoms with Crippen LogP contribution in [0.15, 0.2) is 54.6 Å². The maximum atomic E-state index is 3.80. The summed E-state index contributed by atoms with van der Waals surface area (Å²) in [7, 11) is 0. The van der Waals surface area contributed by atoms with Crippen LogP contribution in [0.1, 0.15) is 54.7 Å². The van der Waals surface area contributed by atoms with Gasteiger partial charge >= 0.3 is 0 Å². The Morgan fingerprint density at radius 1 is 0.710 bits per heavy atom. The number of rotatable bonds is 9. The van der Waals surface area contributed by atoms with Crippen LogP contribution in [0.3, 0.4) is 0 Å². The SMILES string of the molecule is c1ccc(CN2CC[C@@H](CNCC3CC(c4ccc(CN5CCCC5)cc4)C3)C2)cc1. The van der Waals surface area contributed by atoms with E-state index in [4.69, 9.17) is 0 Å². The fraction of sp³-hybridized carbons (Fsp3) is 0.571. The van der Waals surface area contributed by atoms with Crippen molar-refractivity contribution in [2.45, 2.75) is 51.1 Å². The minimum atomic E-state index is 0.792. The molecular formula is C28H39N3. The highest BCUT2D eigenvalue weighted by Crippen LogP contribution is 2.41. The van der Waals surface area contributed by atoms with Crippen LogP contribution in [0.2, 0.25) is 0 Å². The fourth-order valence-electron chi connectivity index (χ4n) is 5.82. The van der Waals surface area contributed by atoms with Gasteiger partial charge < -0.3 is 5.32 Å². The predicted octanol–water partition coefficient (Wildman–Crippen LogP) is 4.89. The van der Waals surface area contributed by atoms with E-state index >= 15 is 0 Å². The summed E-state index contributed by atoms with van der Waals surface area (Å²) in [5, 5.41) is 3.80. The summed E-state index contributed by atoms with van der Waals surface area (Å²) >= 11 is 0. The van der Waals surface area contributed by atoms with Gasteiger partial charge in [-0.3, -0.25) is 9.80 Å². The highest BCUT2D eigenvalue weighted by molar-refractivity contribution is 5.27. The summed E-state index contributed by atoms with van der Waals surface area (Å²) in [6.07, 6.45) is 6.83. The van der Waals surface area contributed by atoms with Gasteiger partial charge in [-0.05, 0) is 99.3 Å². The summed E-state index contributed by atoms with van der Waals surface area (Å²) in [6, 6.07) is 20.5. The fourth-order valence-corrected chi connectivity index (χ4v) is 5.82. The third-order valence-electron chi connectivity index (χ3n) is 7.78. The molecule has 31 heavy (non-hydrogen) atoms. The maximum absolute atomic E-state index is 3.80. The molecule has 3 nitrogen and oxygen atoms in total. The lowest BCUT2D eigenvalue weighted by atomic mass is 9.71. The smallest absolute Gasteiger partial charge is 0.0233 e. The van der Waals surface area contributed by atoms with E-state index in [0.29, 0.717) is 0 Å². The zero-order valence-electron chi connectivity index (χ0n) is 19.0. The summed E-state index contributed by atoms with van der Waals surface area (Å²) in [4.78, 5) is 5.21. The third kappa shape index (κ3) is 5.77. The van der Waals surface area contributed by atoms with Crippen molar-refractivity contribution >= 4 is 0 Å². The van der Waals surface area contributed by atoms with Gasteiger partial charge in [-0.1, -0.05) is 54.6 Å². The zero-order valence-corrected chi connectivity index (χ0v) is 19.0. The molecule has 0 amide bonds. The predicted molar refractivity (Wildman–Crippen MR) is 129 cm³/mol. The van der Waals surface area contributed by atoms with Crippen LogP contribution in [0.25, 0.3) is 0 Å². The molecule has 0 spiro atoms. The normalized spacial score (nSPS) is 26.9. The highest BCUT2D eigenvalue weighted by atomic mass is 15.1. The second-order valence-corrected chi connectivity index (χ2v) is 10.3. The molecule has 2 heterocycles. The monoisotopic (exact) mass is 417 g/mol. The average molecular weight is 418 g/mol. The van der Waals surface area contributed by atoms with E-state index in [1.807, 2.05) is 0 Å². The third-order valence-corrected chi connectivity index (χ3v) is 7.78. The van der Waals surface area contributed by atoms with Gasteiger partial charge in [0.15, 0.2) is 0 Å². The first-order chi connectivity index (χ1) is 15.3. The molecular weight excluding hydrogens is 378 g/mol. The van der Waals surface area contributed by atoms with Gasteiger partial charge in [-0.15, -0.1) is 0 Å². The molecule has 0 aromatic heterocycles. The van der Waals surface area contributed by atoms with Gasteiger partial charge in [0.1, 0.15) is 0 Å². The Morgan fingerprint density at radius 2 is 1.39 bits per heavy atom. The van der Waals surface area contributed by atoms with Crippen molar-refractivity contribution in [3.05, 3.63) is 71.3 Å². The van der Waals surface area contributed by atoms with Crippen molar-refractivity contribution in [2.24, 2.45) is 11.8 Å². The second-order valence-electron chi connectivity index (χ2n) is 10.3. The van der Waals surface area contributed by atoms with Crippen molar-refractivity contribution in [1.82, 2.24) is 15.1 Å². The lowest BCUT2D eigenvalue weighted by Gasteiger charge is -2.36. The largest absolute Gasteiger partial charge is 0.316 e. The lowest BCUT2D eigenvalue weighted by molar-refractivity contribution is 0.248. The van der Waals surface area contributed by atoms with Crippen molar-refractivity contribution < 1.29 is 0 Å². The molecule has 1 N–H and O–H groups in total. The number of nitrogens with one attached hydrogen (secondary N) is 1. The number of hydrogen-bond acceptors (Lipinski definition) is 3. The quantitative estimate of drug-likeness (QED) is 0.627. The standard InChI is InChI=1S/C28H39N3/c1-2-6-23(7-3-1)21-31-15-12-25(22-31)18-29-19-26-16-28(17-26)27-10-8-24(9-11-27)20-30-13-4-5-14-30/h1-3,6-11,25-26,28-29H,4-5,12-22H2/t25-,26?,28?/m0/s1. The van der Waals surface area contributed by atoms with Crippen molar-refractivity contribution in [2.75, 3.05) is 39.3 Å². The Bertz CT molecular complexity index is 791. The van der Waals surface area contributed by atoms with Gasteiger partial charge in [0.2, 0.25) is 0 Å². The molecule has 2 aromatic carbocycles. The Hall–Kier alpha value is -1.68. The highest BCUT2D eigenvalue weighted by Gasteiger charge is 2.30. The maximum Gasteiger partial charge on any atom is 0.0233 e. The molecule has 2 saturated heterocycles. The molecule has 0 unspecified atom stereocenters. The number of nitrogens with zero attached hydrogens (tertiary/aromatic N) is 2. The van der Waals surface area contributed by atoms with Gasteiger partial charge in [-0.2, -0.15) is 0 Å². The molecule has 2 aliphatic heterocycles.